The van der Waals surface area contributed by atoms with Crippen LogP contribution in [-0.2, 0) is 23.8 Å². The molecule has 0 amide bonds. The summed E-state index contributed by atoms with van der Waals surface area (Å²) >= 11 is 12.3. The van der Waals surface area contributed by atoms with Gasteiger partial charge in [0.25, 0.3) is 0 Å². The highest BCUT2D eigenvalue weighted by Gasteiger charge is 2.34. The number of methoxy groups -OCH3 is 1. The van der Waals surface area contributed by atoms with Crippen molar-refractivity contribution in [1.82, 2.24) is 0 Å². The maximum atomic E-state index is 13.3. The van der Waals surface area contributed by atoms with Gasteiger partial charge in [-0.15, -0.1) is 11.3 Å². The van der Waals surface area contributed by atoms with Gasteiger partial charge in [0.1, 0.15) is 5.00 Å². The summed E-state index contributed by atoms with van der Waals surface area (Å²) in [6, 6.07) is 3.38. The fraction of sp³-hybridized carbons (Fsp3) is 0.368. The number of thiophene rings is 1. The van der Waals surface area contributed by atoms with Crippen LogP contribution in [0.5, 0.6) is 0 Å². The van der Waals surface area contributed by atoms with Gasteiger partial charge in [0, 0.05) is 9.90 Å². The van der Waals surface area contributed by atoms with Crippen molar-refractivity contribution in [3.63, 3.8) is 0 Å². The molecule has 0 aliphatic heterocycles. The fourth-order valence-corrected chi connectivity index (χ4v) is 5.13. The highest BCUT2D eigenvalue weighted by molar-refractivity contribution is 7.80. The lowest BCUT2D eigenvalue weighted by atomic mass is 9.88. The average Bonchev–Trinajstić information content (AvgIpc) is 2.98. The number of alkyl halides is 3. The van der Waals surface area contributed by atoms with Crippen LogP contribution in [0.1, 0.15) is 39.7 Å². The summed E-state index contributed by atoms with van der Waals surface area (Å²) < 4.78 is 44.8. The average molecular weight is 463 g/mol. The SMILES string of the molecule is COC(=O)c1c(NC(=S)Nc2ccc(Cl)cc2C(F)(F)F)sc2c1CCC(C)C2. The molecule has 0 radical (unpaired) electrons. The number of carbonyl (C=O) groups is 1. The van der Waals surface area contributed by atoms with Crippen molar-refractivity contribution in [3.05, 3.63) is 44.8 Å². The highest BCUT2D eigenvalue weighted by atomic mass is 35.5. The molecular formula is C19H18ClF3N2O2S2. The molecule has 0 saturated carbocycles. The number of nitrogens with one attached hydrogen (secondary N) is 2. The van der Waals surface area contributed by atoms with Gasteiger partial charge in [-0.25, -0.2) is 4.79 Å². The van der Waals surface area contributed by atoms with Crippen LogP contribution in [0.15, 0.2) is 18.2 Å². The second-order valence-electron chi connectivity index (χ2n) is 6.81. The summed E-state index contributed by atoms with van der Waals surface area (Å²) in [5, 5.41) is 5.81. The molecule has 3 rings (SSSR count). The Labute approximate surface area is 180 Å². The molecule has 10 heteroatoms. The number of rotatable bonds is 3. The Kier molecular flexibility index (Phi) is 6.40. The molecule has 1 aromatic carbocycles. The van der Waals surface area contributed by atoms with E-state index in [1.165, 1.54) is 30.6 Å². The third kappa shape index (κ3) is 4.84. The highest BCUT2D eigenvalue weighted by Crippen LogP contribution is 2.40. The van der Waals surface area contributed by atoms with Gasteiger partial charge >= 0.3 is 12.1 Å². The molecule has 1 atom stereocenters. The molecule has 1 heterocycles. The lowest BCUT2D eigenvalue weighted by molar-refractivity contribution is -0.136. The van der Waals surface area contributed by atoms with Crippen molar-refractivity contribution in [2.75, 3.05) is 17.7 Å². The molecule has 29 heavy (non-hydrogen) atoms. The number of anilines is 2. The first-order valence-electron chi connectivity index (χ1n) is 8.77. The molecule has 156 valence electrons. The Morgan fingerprint density at radius 1 is 1.34 bits per heavy atom. The van der Waals surface area contributed by atoms with E-state index in [0.717, 1.165) is 35.8 Å². The number of benzene rings is 1. The molecule has 0 spiro atoms. The first-order valence-corrected chi connectivity index (χ1v) is 10.4. The van der Waals surface area contributed by atoms with Crippen molar-refractivity contribution < 1.29 is 22.7 Å². The van der Waals surface area contributed by atoms with E-state index < -0.39 is 17.7 Å². The summed E-state index contributed by atoms with van der Waals surface area (Å²) in [6.07, 6.45) is -2.07. The van der Waals surface area contributed by atoms with Gasteiger partial charge in [0.05, 0.1) is 23.9 Å². The van der Waals surface area contributed by atoms with Crippen LogP contribution in [0.25, 0.3) is 0 Å². The van der Waals surface area contributed by atoms with E-state index in [0.29, 0.717) is 16.5 Å². The number of fused-ring (bicyclic) bond motifs is 1. The quantitative estimate of drug-likeness (QED) is 0.424. The predicted octanol–water partition coefficient (Wildman–Crippen LogP) is 6.14. The lowest BCUT2D eigenvalue weighted by Gasteiger charge is -2.18. The lowest BCUT2D eigenvalue weighted by Crippen LogP contribution is -2.22. The van der Waals surface area contributed by atoms with Crippen LogP contribution in [-0.4, -0.2) is 18.2 Å². The molecule has 2 aromatic rings. The van der Waals surface area contributed by atoms with E-state index in [9.17, 15) is 18.0 Å². The Bertz CT molecular complexity index is 960. The minimum absolute atomic E-state index is 0.0326. The van der Waals surface area contributed by atoms with Crippen molar-refractivity contribution in [1.29, 1.82) is 0 Å². The molecule has 1 unspecified atom stereocenters. The van der Waals surface area contributed by atoms with Crippen LogP contribution < -0.4 is 10.6 Å². The summed E-state index contributed by atoms with van der Waals surface area (Å²) in [5.74, 6) is -0.00203. The number of esters is 1. The van der Waals surface area contributed by atoms with Crippen molar-refractivity contribution in [3.8, 4) is 0 Å². The number of halogens is 4. The second kappa shape index (κ2) is 8.49. The van der Waals surface area contributed by atoms with Crippen molar-refractivity contribution in [2.24, 2.45) is 5.92 Å². The van der Waals surface area contributed by atoms with Gasteiger partial charge in [-0.1, -0.05) is 18.5 Å². The molecule has 0 saturated heterocycles. The third-order valence-electron chi connectivity index (χ3n) is 4.66. The Morgan fingerprint density at radius 3 is 2.72 bits per heavy atom. The van der Waals surface area contributed by atoms with E-state index in [1.54, 1.807) is 0 Å². The number of carbonyl (C=O) groups excluding carboxylic acids is 1. The Hall–Kier alpha value is -1.84. The zero-order valence-corrected chi connectivity index (χ0v) is 18.0. The first kappa shape index (κ1) is 21.9. The van der Waals surface area contributed by atoms with Crippen LogP contribution in [0.4, 0.5) is 23.9 Å². The monoisotopic (exact) mass is 462 g/mol. The maximum Gasteiger partial charge on any atom is 0.418 e. The van der Waals surface area contributed by atoms with Gasteiger partial charge < -0.3 is 15.4 Å². The summed E-state index contributed by atoms with van der Waals surface area (Å²) in [5.41, 5.74) is 0.166. The number of hydrogen-bond acceptors (Lipinski definition) is 4. The third-order valence-corrected chi connectivity index (χ3v) is 6.27. The zero-order chi connectivity index (χ0) is 21.3. The molecule has 0 bridgehead atoms. The van der Waals surface area contributed by atoms with Crippen molar-refractivity contribution >= 4 is 56.9 Å². The van der Waals surface area contributed by atoms with E-state index in [2.05, 4.69) is 17.6 Å². The van der Waals surface area contributed by atoms with E-state index >= 15 is 0 Å². The van der Waals surface area contributed by atoms with Crippen LogP contribution in [0, 0.1) is 5.92 Å². The largest absolute Gasteiger partial charge is 0.465 e. The van der Waals surface area contributed by atoms with E-state index in [1.807, 2.05) is 0 Å². The van der Waals surface area contributed by atoms with Gasteiger partial charge in [-0.3, -0.25) is 0 Å². The molecule has 2 N–H and O–H groups in total. The molecule has 1 aliphatic carbocycles. The standard InChI is InChI=1S/C19H18ClF3N2O2S2/c1-9-3-5-11-14(7-9)29-16(15(11)17(26)27-2)25-18(28)24-13-6-4-10(20)8-12(13)19(21,22)23/h4,6,8-9H,3,5,7H2,1-2H3,(H2,24,25,28). The number of thiocarbonyl (C=S) groups is 1. The summed E-state index contributed by atoms with van der Waals surface area (Å²) in [6.45, 7) is 2.14. The van der Waals surface area contributed by atoms with Gasteiger partial charge in [-0.05, 0) is 61.2 Å². The fourth-order valence-electron chi connectivity index (χ4n) is 3.27. The minimum Gasteiger partial charge on any atom is -0.465 e. The van der Waals surface area contributed by atoms with Gasteiger partial charge in [0.15, 0.2) is 5.11 Å². The molecule has 1 aromatic heterocycles. The van der Waals surface area contributed by atoms with Gasteiger partial charge in [0.2, 0.25) is 0 Å². The Morgan fingerprint density at radius 2 is 2.07 bits per heavy atom. The molecular weight excluding hydrogens is 445 g/mol. The van der Waals surface area contributed by atoms with Crippen LogP contribution in [0.3, 0.4) is 0 Å². The number of hydrogen-bond donors (Lipinski definition) is 2. The predicted molar refractivity (Wildman–Crippen MR) is 113 cm³/mol. The molecule has 0 fully saturated rings. The molecule has 1 aliphatic rings. The summed E-state index contributed by atoms with van der Waals surface area (Å²) in [4.78, 5) is 13.4. The van der Waals surface area contributed by atoms with Gasteiger partial charge in [-0.2, -0.15) is 13.2 Å². The van der Waals surface area contributed by atoms with Crippen LogP contribution >= 0.6 is 35.2 Å². The van der Waals surface area contributed by atoms with E-state index in [-0.39, 0.29) is 15.8 Å². The number of ether oxygens (including phenoxy) is 1. The maximum absolute atomic E-state index is 13.3. The van der Waals surface area contributed by atoms with Crippen LogP contribution in [0.2, 0.25) is 5.02 Å². The molecule has 4 nitrogen and oxygen atoms in total. The smallest absolute Gasteiger partial charge is 0.418 e. The Balaban J connectivity index is 1.88. The summed E-state index contributed by atoms with van der Waals surface area (Å²) in [7, 11) is 1.29. The zero-order valence-electron chi connectivity index (χ0n) is 15.6. The first-order chi connectivity index (χ1) is 13.6. The second-order valence-corrected chi connectivity index (χ2v) is 8.76. The minimum atomic E-state index is -4.60. The normalized spacial score (nSPS) is 16.1. The van der Waals surface area contributed by atoms with E-state index in [4.69, 9.17) is 28.6 Å². The van der Waals surface area contributed by atoms with Crippen molar-refractivity contribution in [2.45, 2.75) is 32.4 Å². The topological polar surface area (TPSA) is 50.4 Å².